The Morgan fingerprint density at radius 1 is 1.16 bits per heavy atom. The first kappa shape index (κ1) is 13.7. The highest BCUT2D eigenvalue weighted by Crippen LogP contribution is 2.25. The Hall–Kier alpha value is -1.68. The number of methoxy groups -OCH3 is 1. The third-order valence-electron chi connectivity index (χ3n) is 2.96. The van der Waals surface area contributed by atoms with Crippen LogP contribution >= 0.6 is 15.9 Å². The lowest BCUT2D eigenvalue weighted by Crippen LogP contribution is -2.16. The van der Waals surface area contributed by atoms with Gasteiger partial charge in [-0.25, -0.2) is 0 Å². The van der Waals surface area contributed by atoms with Crippen LogP contribution in [-0.2, 0) is 6.54 Å². The topological polar surface area (TPSA) is 32.7 Å². The monoisotopic (exact) mass is 321 g/mol. The lowest BCUT2D eigenvalue weighted by molar-refractivity contribution is 0.415. The molecular weight excluding hydrogens is 306 g/mol. The summed E-state index contributed by atoms with van der Waals surface area (Å²) >= 11 is 3.42. The van der Waals surface area contributed by atoms with E-state index in [0.717, 1.165) is 21.5 Å². The molecule has 4 heteroatoms. The number of rotatable bonds is 4. The smallest absolute Gasteiger partial charge is 0.120 e. The molecule has 19 heavy (non-hydrogen) atoms. The number of phenols is 1. The van der Waals surface area contributed by atoms with Crippen LogP contribution in [0.3, 0.4) is 0 Å². The van der Waals surface area contributed by atoms with Crippen molar-refractivity contribution in [2.24, 2.45) is 0 Å². The van der Waals surface area contributed by atoms with Gasteiger partial charge in [0.15, 0.2) is 0 Å². The molecule has 0 spiro atoms. The number of halogens is 1. The number of phenolic OH excluding ortho intramolecular Hbond substituents is 1. The summed E-state index contributed by atoms with van der Waals surface area (Å²) < 4.78 is 6.10. The van der Waals surface area contributed by atoms with Gasteiger partial charge in [0.25, 0.3) is 0 Å². The zero-order chi connectivity index (χ0) is 13.8. The summed E-state index contributed by atoms with van der Waals surface area (Å²) in [5, 5.41) is 9.85. The van der Waals surface area contributed by atoms with Crippen LogP contribution in [0.25, 0.3) is 0 Å². The SMILES string of the molecule is COc1ccc(N(C)Cc2cc(Br)ccc2O)cc1. The van der Waals surface area contributed by atoms with Crippen molar-refractivity contribution >= 4 is 21.6 Å². The first-order valence-electron chi connectivity index (χ1n) is 5.92. The standard InChI is InChI=1S/C15H16BrNO2/c1-17(13-4-6-14(19-2)7-5-13)10-11-9-12(16)3-8-15(11)18/h3-9,18H,10H2,1-2H3. The Morgan fingerprint density at radius 2 is 1.84 bits per heavy atom. The second kappa shape index (κ2) is 5.97. The molecule has 100 valence electrons. The van der Waals surface area contributed by atoms with Crippen LogP contribution in [0.4, 0.5) is 5.69 Å². The molecule has 0 saturated heterocycles. The summed E-state index contributed by atoms with van der Waals surface area (Å²) in [4.78, 5) is 2.07. The van der Waals surface area contributed by atoms with Gasteiger partial charge in [-0.2, -0.15) is 0 Å². The maximum atomic E-state index is 9.85. The van der Waals surface area contributed by atoms with Crippen LogP contribution in [0.1, 0.15) is 5.56 Å². The molecule has 0 aliphatic heterocycles. The molecule has 2 rings (SSSR count). The second-order valence-corrected chi connectivity index (χ2v) is 5.24. The number of ether oxygens (including phenoxy) is 1. The van der Waals surface area contributed by atoms with Gasteiger partial charge in [0, 0.05) is 29.3 Å². The molecule has 2 aromatic rings. The van der Waals surface area contributed by atoms with Crippen molar-refractivity contribution in [3.8, 4) is 11.5 Å². The van der Waals surface area contributed by atoms with Crippen LogP contribution < -0.4 is 9.64 Å². The summed E-state index contributed by atoms with van der Waals surface area (Å²) in [5.74, 6) is 1.14. The highest BCUT2D eigenvalue weighted by atomic mass is 79.9. The van der Waals surface area contributed by atoms with Crippen molar-refractivity contribution in [1.29, 1.82) is 0 Å². The first-order chi connectivity index (χ1) is 9.10. The third-order valence-corrected chi connectivity index (χ3v) is 3.46. The number of nitrogens with zero attached hydrogens (tertiary/aromatic N) is 1. The van der Waals surface area contributed by atoms with Gasteiger partial charge >= 0.3 is 0 Å². The summed E-state index contributed by atoms with van der Waals surface area (Å²) in [6.45, 7) is 0.637. The normalized spacial score (nSPS) is 10.3. The van der Waals surface area contributed by atoms with Crippen molar-refractivity contribution in [2.45, 2.75) is 6.54 Å². The molecule has 0 fully saturated rings. The van der Waals surface area contributed by atoms with Crippen LogP contribution in [0.15, 0.2) is 46.9 Å². The van der Waals surface area contributed by atoms with Crippen molar-refractivity contribution < 1.29 is 9.84 Å². The molecule has 1 N–H and O–H groups in total. The quantitative estimate of drug-likeness (QED) is 0.929. The van der Waals surface area contributed by atoms with E-state index in [1.807, 2.05) is 43.4 Å². The molecule has 0 aliphatic carbocycles. The van der Waals surface area contributed by atoms with Crippen LogP contribution in [-0.4, -0.2) is 19.3 Å². The van der Waals surface area contributed by atoms with Crippen molar-refractivity contribution in [2.75, 3.05) is 19.1 Å². The molecule has 0 heterocycles. The number of hydrogen-bond acceptors (Lipinski definition) is 3. The Balaban J connectivity index is 2.15. The van der Waals surface area contributed by atoms with Gasteiger partial charge in [-0.3, -0.25) is 0 Å². The Bertz CT molecular complexity index is 555. The molecule has 0 unspecified atom stereocenters. The number of benzene rings is 2. The summed E-state index contributed by atoms with van der Waals surface area (Å²) in [6.07, 6.45) is 0. The predicted molar refractivity (Wildman–Crippen MR) is 80.9 cm³/mol. The molecule has 0 amide bonds. The lowest BCUT2D eigenvalue weighted by atomic mass is 10.2. The fourth-order valence-electron chi connectivity index (χ4n) is 1.86. The van der Waals surface area contributed by atoms with Gasteiger partial charge in [0.1, 0.15) is 11.5 Å². The highest BCUT2D eigenvalue weighted by Gasteiger charge is 2.07. The number of anilines is 1. The van der Waals surface area contributed by atoms with Gasteiger partial charge in [-0.1, -0.05) is 15.9 Å². The minimum Gasteiger partial charge on any atom is -0.508 e. The van der Waals surface area contributed by atoms with E-state index in [2.05, 4.69) is 20.8 Å². The number of hydrogen-bond donors (Lipinski definition) is 1. The van der Waals surface area contributed by atoms with Crippen LogP contribution in [0.2, 0.25) is 0 Å². The zero-order valence-corrected chi connectivity index (χ0v) is 12.5. The molecule has 0 bridgehead atoms. The third kappa shape index (κ3) is 3.41. The summed E-state index contributed by atoms with van der Waals surface area (Å²) in [5.41, 5.74) is 1.95. The van der Waals surface area contributed by atoms with Gasteiger partial charge in [0.2, 0.25) is 0 Å². The van der Waals surface area contributed by atoms with Crippen molar-refractivity contribution in [1.82, 2.24) is 0 Å². The van der Waals surface area contributed by atoms with Crippen LogP contribution in [0, 0.1) is 0 Å². The second-order valence-electron chi connectivity index (χ2n) is 4.33. The van der Waals surface area contributed by atoms with E-state index in [0.29, 0.717) is 12.3 Å². The minimum absolute atomic E-state index is 0.309. The minimum atomic E-state index is 0.309. The van der Waals surface area contributed by atoms with E-state index >= 15 is 0 Å². The maximum absolute atomic E-state index is 9.85. The number of aromatic hydroxyl groups is 1. The van der Waals surface area contributed by atoms with E-state index in [1.165, 1.54) is 0 Å². The Kier molecular flexibility index (Phi) is 4.32. The van der Waals surface area contributed by atoms with Crippen LogP contribution in [0.5, 0.6) is 11.5 Å². The molecule has 0 atom stereocenters. The lowest BCUT2D eigenvalue weighted by Gasteiger charge is -2.20. The maximum Gasteiger partial charge on any atom is 0.120 e. The summed E-state index contributed by atoms with van der Waals surface area (Å²) in [6, 6.07) is 13.3. The first-order valence-corrected chi connectivity index (χ1v) is 6.72. The molecule has 0 radical (unpaired) electrons. The van der Waals surface area contributed by atoms with Gasteiger partial charge < -0.3 is 14.7 Å². The van der Waals surface area contributed by atoms with Crippen molar-refractivity contribution in [3.63, 3.8) is 0 Å². The van der Waals surface area contributed by atoms with Gasteiger partial charge in [0.05, 0.1) is 7.11 Å². The average molecular weight is 322 g/mol. The highest BCUT2D eigenvalue weighted by molar-refractivity contribution is 9.10. The zero-order valence-electron chi connectivity index (χ0n) is 10.9. The summed E-state index contributed by atoms with van der Waals surface area (Å²) in [7, 11) is 3.64. The van der Waals surface area contributed by atoms with E-state index in [4.69, 9.17) is 4.74 Å². The van der Waals surface area contributed by atoms with E-state index in [9.17, 15) is 5.11 Å². The van der Waals surface area contributed by atoms with Gasteiger partial charge in [-0.15, -0.1) is 0 Å². The molecule has 0 aromatic heterocycles. The Morgan fingerprint density at radius 3 is 2.47 bits per heavy atom. The molecule has 3 nitrogen and oxygen atoms in total. The largest absolute Gasteiger partial charge is 0.508 e. The van der Waals surface area contributed by atoms with E-state index in [-0.39, 0.29) is 0 Å². The molecule has 0 saturated carbocycles. The van der Waals surface area contributed by atoms with E-state index in [1.54, 1.807) is 13.2 Å². The Labute approximate surface area is 121 Å². The fraction of sp³-hybridized carbons (Fsp3) is 0.200. The predicted octanol–water partition coefficient (Wildman–Crippen LogP) is 3.80. The molecule has 0 aliphatic rings. The average Bonchev–Trinajstić information content (AvgIpc) is 2.43. The fourth-order valence-corrected chi connectivity index (χ4v) is 2.27. The van der Waals surface area contributed by atoms with Gasteiger partial charge in [-0.05, 0) is 42.5 Å². The van der Waals surface area contributed by atoms with E-state index < -0.39 is 0 Å². The molecule has 2 aromatic carbocycles. The van der Waals surface area contributed by atoms with Crippen molar-refractivity contribution in [3.05, 3.63) is 52.5 Å². The molecular formula is C15H16BrNO2.